The van der Waals surface area contributed by atoms with E-state index in [1.165, 1.54) is 0 Å². The molecule has 0 spiro atoms. The van der Waals surface area contributed by atoms with E-state index in [9.17, 15) is 4.79 Å². The number of amides is 1. The third kappa shape index (κ3) is 4.43. The van der Waals surface area contributed by atoms with Gasteiger partial charge in [-0.1, -0.05) is 49.4 Å². The van der Waals surface area contributed by atoms with Gasteiger partial charge in [-0.05, 0) is 29.7 Å². The van der Waals surface area contributed by atoms with Gasteiger partial charge in [-0.2, -0.15) is 0 Å². The molecule has 0 aromatic heterocycles. The molecule has 0 aliphatic heterocycles. The Labute approximate surface area is 132 Å². The van der Waals surface area contributed by atoms with Crippen molar-refractivity contribution in [2.24, 2.45) is 0 Å². The van der Waals surface area contributed by atoms with Crippen LogP contribution >= 0.6 is 0 Å². The summed E-state index contributed by atoms with van der Waals surface area (Å²) < 4.78 is 5.14. The van der Waals surface area contributed by atoms with Gasteiger partial charge in [0.15, 0.2) is 0 Å². The molecule has 0 N–H and O–H groups in total. The van der Waals surface area contributed by atoms with Gasteiger partial charge in [0.05, 0.1) is 6.61 Å². The Hall–Kier alpha value is -2.13. The summed E-state index contributed by atoms with van der Waals surface area (Å²) in [7, 11) is 1.66. The Morgan fingerprint density at radius 3 is 2.45 bits per heavy atom. The summed E-state index contributed by atoms with van der Waals surface area (Å²) in [6, 6.07) is 17.8. The summed E-state index contributed by atoms with van der Waals surface area (Å²) in [6.45, 7) is 4.00. The van der Waals surface area contributed by atoms with Gasteiger partial charge in [-0.15, -0.1) is 0 Å². The average molecular weight is 297 g/mol. The Balaban J connectivity index is 2.17. The zero-order valence-corrected chi connectivity index (χ0v) is 13.3. The standard InChI is InChI=1S/C19H23NO2/c1-3-12-20(14-16-8-5-4-6-9-16)19(21)18-11-7-10-17(13-18)15-22-2/h4-11,13H,3,12,14-15H2,1-2H3. The number of nitrogens with zero attached hydrogens (tertiary/aromatic N) is 1. The van der Waals surface area contributed by atoms with E-state index < -0.39 is 0 Å². The van der Waals surface area contributed by atoms with E-state index in [0.717, 1.165) is 29.7 Å². The van der Waals surface area contributed by atoms with Crippen molar-refractivity contribution in [2.45, 2.75) is 26.5 Å². The van der Waals surface area contributed by atoms with E-state index in [2.05, 4.69) is 19.1 Å². The maximum atomic E-state index is 12.8. The summed E-state index contributed by atoms with van der Waals surface area (Å²) in [5, 5.41) is 0. The second-order valence-corrected chi connectivity index (χ2v) is 5.35. The maximum absolute atomic E-state index is 12.8. The molecule has 0 unspecified atom stereocenters. The number of carbonyl (C=O) groups excluding carboxylic acids is 1. The fourth-order valence-electron chi connectivity index (χ4n) is 2.47. The highest BCUT2D eigenvalue weighted by Crippen LogP contribution is 2.13. The van der Waals surface area contributed by atoms with E-state index in [4.69, 9.17) is 4.74 Å². The normalized spacial score (nSPS) is 10.5. The van der Waals surface area contributed by atoms with E-state index in [1.807, 2.05) is 47.4 Å². The molecule has 0 radical (unpaired) electrons. The highest BCUT2D eigenvalue weighted by molar-refractivity contribution is 5.94. The van der Waals surface area contributed by atoms with Crippen molar-refractivity contribution in [3.8, 4) is 0 Å². The molecule has 116 valence electrons. The molecule has 22 heavy (non-hydrogen) atoms. The largest absolute Gasteiger partial charge is 0.380 e. The summed E-state index contributed by atoms with van der Waals surface area (Å²) in [6.07, 6.45) is 0.941. The lowest BCUT2D eigenvalue weighted by molar-refractivity contribution is 0.0743. The van der Waals surface area contributed by atoms with Gasteiger partial charge in [0.2, 0.25) is 0 Å². The van der Waals surface area contributed by atoms with Crippen molar-refractivity contribution >= 4 is 5.91 Å². The Morgan fingerprint density at radius 1 is 1.05 bits per heavy atom. The molecular formula is C19H23NO2. The number of methoxy groups -OCH3 is 1. The third-order valence-corrected chi connectivity index (χ3v) is 3.48. The second kappa shape index (κ2) is 8.35. The van der Waals surface area contributed by atoms with Gasteiger partial charge >= 0.3 is 0 Å². The molecular weight excluding hydrogens is 274 g/mol. The Morgan fingerprint density at radius 2 is 1.77 bits per heavy atom. The molecule has 2 aromatic rings. The SMILES string of the molecule is CCCN(Cc1ccccc1)C(=O)c1cccc(COC)c1. The van der Waals surface area contributed by atoms with Gasteiger partial charge in [0.25, 0.3) is 5.91 Å². The first-order chi connectivity index (χ1) is 10.7. The fraction of sp³-hybridized carbons (Fsp3) is 0.316. The summed E-state index contributed by atoms with van der Waals surface area (Å²) in [5.41, 5.74) is 2.89. The molecule has 3 nitrogen and oxygen atoms in total. The predicted octanol–water partition coefficient (Wildman–Crippen LogP) is 3.89. The summed E-state index contributed by atoms with van der Waals surface area (Å²) >= 11 is 0. The van der Waals surface area contributed by atoms with Crippen molar-refractivity contribution in [1.29, 1.82) is 0 Å². The van der Waals surface area contributed by atoms with Gasteiger partial charge in [0, 0.05) is 25.8 Å². The Kier molecular flexibility index (Phi) is 6.16. The third-order valence-electron chi connectivity index (χ3n) is 3.48. The van der Waals surface area contributed by atoms with Crippen molar-refractivity contribution in [3.63, 3.8) is 0 Å². The lowest BCUT2D eigenvalue weighted by Crippen LogP contribution is -2.31. The van der Waals surface area contributed by atoms with Gasteiger partial charge in [0.1, 0.15) is 0 Å². The predicted molar refractivity (Wildman–Crippen MR) is 88.6 cm³/mol. The molecule has 2 rings (SSSR count). The molecule has 0 saturated heterocycles. The van der Waals surface area contributed by atoms with Crippen LogP contribution in [0, 0.1) is 0 Å². The first kappa shape index (κ1) is 16.2. The van der Waals surface area contributed by atoms with E-state index in [0.29, 0.717) is 13.2 Å². The number of ether oxygens (including phenoxy) is 1. The van der Waals surface area contributed by atoms with Crippen LogP contribution < -0.4 is 0 Å². The smallest absolute Gasteiger partial charge is 0.254 e. The van der Waals surface area contributed by atoms with Crippen LogP contribution in [-0.2, 0) is 17.9 Å². The van der Waals surface area contributed by atoms with Crippen molar-refractivity contribution < 1.29 is 9.53 Å². The second-order valence-electron chi connectivity index (χ2n) is 5.35. The van der Waals surface area contributed by atoms with Crippen LogP contribution in [0.2, 0.25) is 0 Å². The molecule has 0 fully saturated rings. The van der Waals surface area contributed by atoms with Crippen LogP contribution in [0.1, 0.15) is 34.8 Å². The minimum absolute atomic E-state index is 0.0728. The van der Waals surface area contributed by atoms with Gasteiger partial charge in [-0.3, -0.25) is 4.79 Å². The van der Waals surface area contributed by atoms with Crippen LogP contribution in [-0.4, -0.2) is 24.5 Å². The monoisotopic (exact) mass is 297 g/mol. The molecule has 0 aliphatic carbocycles. The summed E-state index contributed by atoms with van der Waals surface area (Å²) in [4.78, 5) is 14.7. The molecule has 0 aliphatic rings. The minimum atomic E-state index is 0.0728. The fourth-order valence-corrected chi connectivity index (χ4v) is 2.47. The maximum Gasteiger partial charge on any atom is 0.254 e. The van der Waals surface area contributed by atoms with Gasteiger partial charge < -0.3 is 9.64 Å². The molecule has 3 heteroatoms. The zero-order chi connectivity index (χ0) is 15.8. The quantitative estimate of drug-likeness (QED) is 0.776. The lowest BCUT2D eigenvalue weighted by Gasteiger charge is -2.22. The van der Waals surface area contributed by atoms with Crippen LogP contribution in [0.3, 0.4) is 0 Å². The molecule has 1 amide bonds. The number of hydrogen-bond donors (Lipinski definition) is 0. The topological polar surface area (TPSA) is 29.5 Å². The number of hydrogen-bond acceptors (Lipinski definition) is 2. The van der Waals surface area contributed by atoms with E-state index >= 15 is 0 Å². The summed E-state index contributed by atoms with van der Waals surface area (Å²) in [5.74, 6) is 0.0728. The highest BCUT2D eigenvalue weighted by Gasteiger charge is 2.15. The highest BCUT2D eigenvalue weighted by atomic mass is 16.5. The van der Waals surface area contributed by atoms with E-state index in [-0.39, 0.29) is 5.91 Å². The van der Waals surface area contributed by atoms with Crippen LogP contribution in [0.15, 0.2) is 54.6 Å². The first-order valence-corrected chi connectivity index (χ1v) is 7.65. The Bertz CT molecular complexity index is 595. The molecule has 0 saturated carbocycles. The zero-order valence-electron chi connectivity index (χ0n) is 13.3. The number of benzene rings is 2. The first-order valence-electron chi connectivity index (χ1n) is 7.65. The van der Waals surface area contributed by atoms with E-state index in [1.54, 1.807) is 7.11 Å². The van der Waals surface area contributed by atoms with Crippen molar-refractivity contribution in [3.05, 3.63) is 71.3 Å². The van der Waals surface area contributed by atoms with Crippen LogP contribution in [0.25, 0.3) is 0 Å². The molecule has 0 bridgehead atoms. The molecule has 2 aromatic carbocycles. The number of carbonyl (C=O) groups is 1. The molecule has 0 heterocycles. The van der Waals surface area contributed by atoms with Crippen LogP contribution in [0.4, 0.5) is 0 Å². The molecule has 0 atom stereocenters. The van der Waals surface area contributed by atoms with Crippen LogP contribution in [0.5, 0.6) is 0 Å². The van der Waals surface area contributed by atoms with Gasteiger partial charge in [-0.25, -0.2) is 0 Å². The lowest BCUT2D eigenvalue weighted by atomic mass is 10.1. The van der Waals surface area contributed by atoms with Crippen molar-refractivity contribution in [1.82, 2.24) is 4.90 Å². The minimum Gasteiger partial charge on any atom is -0.380 e. The van der Waals surface area contributed by atoms with Crippen molar-refractivity contribution in [2.75, 3.05) is 13.7 Å². The average Bonchev–Trinajstić information content (AvgIpc) is 2.55. The number of rotatable bonds is 7.